The summed E-state index contributed by atoms with van der Waals surface area (Å²) in [7, 11) is 0. The molecule has 100 valence electrons. The SMILES string of the molecule is NCc1cc(Cl)ccc1OCCCC1CCCO1. The monoisotopic (exact) mass is 269 g/mol. The lowest BCUT2D eigenvalue weighted by Gasteiger charge is -2.12. The van der Waals surface area contributed by atoms with Gasteiger partial charge in [-0.3, -0.25) is 0 Å². The maximum atomic E-state index is 5.92. The first kappa shape index (κ1) is 13.7. The van der Waals surface area contributed by atoms with E-state index < -0.39 is 0 Å². The first-order valence-electron chi connectivity index (χ1n) is 6.52. The standard InChI is InChI=1S/C14H20ClNO2/c15-12-5-6-14(11(9-12)10-16)18-8-2-4-13-3-1-7-17-13/h5-6,9,13H,1-4,7-8,10,16H2. The highest BCUT2D eigenvalue weighted by molar-refractivity contribution is 6.30. The molecule has 1 atom stereocenters. The molecule has 0 aromatic heterocycles. The van der Waals surface area contributed by atoms with Crippen molar-refractivity contribution in [1.82, 2.24) is 0 Å². The van der Waals surface area contributed by atoms with Crippen LogP contribution in [0.1, 0.15) is 31.2 Å². The van der Waals surface area contributed by atoms with Crippen LogP contribution in [0.15, 0.2) is 18.2 Å². The topological polar surface area (TPSA) is 44.5 Å². The Balaban J connectivity index is 1.75. The average Bonchev–Trinajstić information content (AvgIpc) is 2.89. The van der Waals surface area contributed by atoms with E-state index in [1.807, 2.05) is 18.2 Å². The van der Waals surface area contributed by atoms with Gasteiger partial charge in [0.2, 0.25) is 0 Å². The molecule has 1 saturated heterocycles. The van der Waals surface area contributed by atoms with E-state index in [1.165, 1.54) is 12.8 Å². The predicted octanol–water partition coefficient (Wildman–Crippen LogP) is 3.14. The van der Waals surface area contributed by atoms with Gasteiger partial charge in [0, 0.05) is 23.7 Å². The van der Waals surface area contributed by atoms with Gasteiger partial charge in [0.15, 0.2) is 0 Å². The second-order valence-electron chi connectivity index (χ2n) is 4.58. The Hall–Kier alpha value is -0.770. The summed E-state index contributed by atoms with van der Waals surface area (Å²) in [6.07, 6.45) is 4.91. The van der Waals surface area contributed by atoms with Crippen molar-refractivity contribution in [2.45, 2.75) is 38.3 Å². The highest BCUT2D eigenvalue weighted by atomic mass is 35.5. The number of hydrogen-bond donors (Lipinski definition) is 1. The van der Waals surface area contributed by atoms with Crippen LogP contribution < -0.4 is 10.5 Å². The highest BCUT2D eigenvalue weighted by Crippen LogP contribution is 2.23. The average molecular weight is 270 g/mol. The van der Waals surface area contributed by atoms with Gasteiger partial charge in [-0.2, -0.15) is 0 Å². The van der Waals surface area contributed by atoms with Crippen LogP contribution in [0.25, 0.3) is 0 Å². The van der Waals surface area contributed by atoms with Crippen LogP contribution in [0.3, 0.4) is 0 Å². The molecular formula is C14H20ClNO2. The van der Waals surface area contributed by atoms with E-state index in [2.05, 4.69) is 0 Å². The van der Waals surface area contributed by atoms with Gasteiger partial charge in [-0.05, 0) is 43.9 Å². The summed E-state index contributed by atoms with van der Waals surface area (Å²) in [5, 5.41) is 0.696. The molecule has 18 heavy (non-hydrogen) atoms. The lowest BCUT2D eigenvalue weighted by Crippen LogP contribution is -2.09. The van der Waals surface area contributed by atoms with Gasteiger partial charge in [0.1, 0.15) is 5.75 Å². The third-order valence-electron chi connectivity index (χ3n) is 3.19. The van der Waals surface area contributed by atoms with Crippen LogP contribution in [0.5, 0.6) is 5.75 Å². The Morgan fingerprint density at radius 2 is 2.33 bits per heavy atom. The molecule has 4 heteroatoms. The second-order valence-corrected chi connectivity index (χ2v) is 5.02. The van der Waals surface area contributed by atoms with Gasteiger partial charge in [-0.25, -0.2) is 0 Å². The number of halogens is 1. The van der Waals surface area contributed by atoms with Gasteiger partial charge in [-0.15, -0.1) is 0 Å². The molecule has 2 rings (SSSR count). The third-order valence-corrected chi connectivity index (χ3v) is 3.43. The Morgan fingerprint density at radius 1 is 1.44 bits per heavy atom. The molecule has 0 bridgehead atoms. The molecule has 1 aliphatic rings. The lowest BCUT2D eigenvalue weighted by molar-refractivity contribution is 0.0981. The zero-order valence-corrected chi connectivity index (χ0v) is 11.3. The Labute approximate surface area is 113 Å². The summed E-state index contributed by atoms with van der Waals surface area (Å²) < 4.78 is 11.3. The third kappa shape index (κ3) is 3.87. The molecule has 1 aromatic rings. The number of ether oxygens (including phenoxy) is 2. The first-order valence-corrected chi connectivity index (χ1v) is 6.90. The molecule has 1 aliphatic heterocycles. The Bertz CT molecular complexity index is 378. The van der Waals surface area contributed by atoms with Crippen molar-refractivity contribution in [2.24, 2.45) is 5.73 Å². The minimum absolute atomic E-state index is 0.438. The molecule has 0 aliphatic carbocycles. The van der Waals surface area contributed by atoms with Crippen LogP contribution in [0, 0.1) is 0 Å². The van der Waals surface area contributed by atoms with Gasteiger partial charge >= 0.3 is 0 Å². The second kappa shape index (κ2) is 6.98. The predicted molar refractivity (Wildman–Crippen MR) is 73.0 cm³/mol. The summed E-state index contributed by atoms with van der Waals surface area (Å²) in [6, 6.07) is 5.57. The van der Waals surface area contributed by atoms with E-state index >= 15 is 0 Å². The number of hydrogen-bond acceptors (Lipinski definition) is 3. The van der Waals surface area contributed by atoms with Crippen molar-refractivity contribution in [3.05, 3.63) is 28.8 Å². The molecule has 1 aromatic carbocycles. The summed E-state index contributed by atoms with van der Waals surface area (Å²) in [6.45, 7) is 2.07. The Kier molecular flexibility index (Phi) is 5.29. The largest absolute Gasteiger partial charge is 0.493 e. The van der Waals surface area contributed by atoms with E-state index in [1.54, 1.807) is 0 Å². The summed E-state index contributed by atoms with van der Waals surface area (Å²) in [5.41, 5.74) is 6.62. The van der Waals surface area contributed by atoms with Crippen molar-refractivity contribution in [1.29, 1.82) is 0 Å². The van der Waals surface area contributed by atoms with E-state index in [4.69, 9.17) is 26.8 Å². The van der Waals surface area contributed by atoms with Gasteiger partial charge in [0.05, 0.1) is 12.7 Å². The normalized spacial score (nSPS) is 19.1. The smallest absolute Gasteiger partial charge is 0.123 e. The van der Waals surface area contributed by atoms with Gasteiger partial charge in [0.25, 0.3) is 0 Å². The Morgan fingerprint density at radius 3 is 3.06 bits per heavy atom. The summed E-state index contributed by atoms with van der Waals surface area (Å²) in [4.78, 5) is 0. The van der Waals surface area contributed by atoms with E-state index in [0.717, 1.165) is 30.8 Å². The molecule has 3 nitrogen and oxygen atoms in total. The maximum Gasteiger partial charge on any atom is 0.123 e. The molecule has 1 heterocycles. The van der Waals surface area contributed by atoms with Crippen molar-refractivity contribution >= 4 is 11.6 Å². The molecule has 1 fully saturated rings. The number of benzene rings is 1. The summed E-state index contributed by atoms with van der Waals surface area (Å²) in [5.74, 6) is 0.842. The molecule has 0 amide bonds. The molecular weight excluding hydrogens is 250 g/mol. The number of nitrogens with two attached hydrogens (primary N) is 1. The van der Waals surface area contributed by atoms with Crippen molar-refractivity contribution in [2.75, 3.05) is 13.2 Å². The quantitative estimate of drug-likeness (QED) is 0.807. The van der Waals surface area contributed by atoms with Crippen LogP contribution in [0.4, 0.5) is 0 Å². The van der Waals surface area contributed by atoms with E-state index in [0.29, 0.717) is 24.3 Å². The van der Waals surface area contributed by atoms with Gasteiger partial charge < -0.3 is 15.2 Å². The molecule has 0 saturated carbocycles. The van der Waals surface area contributed by atoms with Crippen LogP contribution in [0.2, 0.25) is 5.02 Å². The fourth-order valence-electron chi connectivity index (χ4n) is 2.21. The van der Waals surface area contributed by atoms with E-state index in [9.17, 15) is 0 Å². The molecule has 2 N–H and O–H groups in total. The number of rotatable bonds is 6. The first-order chi connectivity index (χ1) is 8.79. The van der Waals surface area contributed by atoms with Crippen molar-refractivity contribution in [3.63, 3.8) is 0 Å². The van der Waals surface area contributed by atoms with Crippen molar-refractivity contribution in [3.8, 4) is 5.75 Å². The zero-order valence-electron chi connectivity index (χ0n) is 10.5. The zero-order chi connectivity index (χ0) is 12.8. The molecule has 1 unspecified atom stereocenters. The molecule has 0 spiro atoms. The van der Waals surface area contributed by atoms with E-state index in [-0.39, 0.29) is 0 Å². The van der Waals surface area contributed by atoms with Crippen LogP contribution in [-0.2, 0) is 11.3 Å². The fraction of sp³-hybridized carbons (Fsp3) is 0.571. The minimum Gasteiger partial charge on any atom is -0.493 e. The summed E-state index contributed by atoms with van der Waals surface area (Å²) >= 11 is 5.92. The maximum absolute atomic E-state index is 5.92. The molecule has 0 radical (unpaired) electrons. The van der Waals surface area contributed by atoms with Crippen LogP contribution in [-0.4, -0.2) is 19.3 Å². The van der Waals surface area contributed by atoms with Gasteiger partial charge in [-0.1, -0.05) is 11.6 Å². The minimum atomic E-state index is 0.438. The van der Waals surface area contributed by atoms with Crippen molar-refractivity contribution < 1.29 is 9.47 Å². The fourth-order valence-corrected chi connectivity index (χ4v) is 2.41. The van der Waals surface area contributed by atoms with Crippen LogP contribution >= 0.6 is 11.6 Å². The highest BCUT2D eigenvalue weighted by Gasteiger charge is 2.14. The lowest BCUT2D eigenvalue weighted by atomic mass is 10.1.